The summed E-state index contributed by atoms with van der Waals surface area (Å²) in [4.78, 5) is 31.5. The molecule has 8 aliphatic carbocycles. The minimum absolute atomic E-state index is 0.0146. The van der Waals surface area contributed by atoms with Crippen LogP contribution in [0, 0.1) is 40.4 Å². The summed E-state index contributed by atoms with van der Waals surface area (Å²) < 4.78 is 149. The van der Waals surface area contributed by atoms with Gasteiger partial charge in [0.15, 0.2) is 36.0 Å². The predicted molar refractivity (Wildman–Crippen MR) is 313 cm³/mol. The second-order valence-corrected chi connectivity index (χ2v) is 30.9. The average Bonchev–Trinajstić information content (AvgIpc) is 1.22. The predicted octanol–water partition coefficient (Wildman–Crippen LogP) is 13.9. The maximum absolute atomic E-state index is 13.4. The van der Waals surface area contributed by atoms with E-state index in [4.69, 9.17) is 9.29 Å². The summed E-state index contributed by atoms with van der Waals surface area (Å²) in [5.41, 5.74) is -2.78. The number of rotatable bonds is 16. The van der Waals surface area contributed by atoms with Crippen LogP contribution in [-0.2, 0) is 67.3 Å². The Bertz CT molecular complexity index is 3280. The van der Waals surface area contributed by atoms with Crippen molar-refractivity contribution in [3.8, 4) is 0 Å². The number of esters is 2. The van der Waals surface area contributed by atoms with Crippen LogP contribution in [0.4, 0.5) is 26.3 Å². The minimum Gasteiger partial charge on any atom is -0.748 e. The Morgan fingerprint density at radius 3 is 1.27 bits per heavy atom. The third kappa shape index (κ3) is 16.3. The van der Waals surface area contributed by atoms with Gasteiger partial charge in [-0.3, -0.25) is 14.1 Å². The number of hydrogen-bond acceptors (Lipinski definition) is 10. The van der Waals surface area contributed by atoms with Gasteiger partial charge in [0.05, 0.1) is 66.3 Å². The van der Waals surface area contributed by atoms with Crippen LogP contribution in [0.3, 0.4) is 0 Å². The van der Waals surface area contributed by atoms with Gasteiger partial charge in [0, 0.05) is 12.5 Å². The number of hydrogen-bond donors (Lipinski definition) is 2. The molecule has 0 aromatic heterocycles. The van der Waals surface area contributed by atoms with E-state index in [2.05, 4.69) is 95.7 Å². The SMILES string of the molecule is FC(F)(F)c1cccc([S+](c2ccccc2)c2ccccc2)c1.O=C(OCC(F)(F)S(=O)(=O)O)C12CC3CC(CC(C3)C1)C2.O=C(OCCC(F)CS(=O)(=O)[O-])C12CC3CC(CC(O)(C3)C1)C2.c1ccc([S+](c2ccccc2)c2ccccc2)cc1. The van der Waals surface area contributed by atoms with Gasteiger partial charge < -0.3 is 19.1 Å². The van der Waals surface area contributed by atoms with Crippen LogP contribution in [0.25, 0.3) is 0 Å². The molecule has 460 valence electrons. The number of benzene rings is 6. The molecule has 6 aromatic rings. The van der Waals surface area contributed by atoms with Crippen LogP contribution >= 0.6 is 0 Å². The molecule has 0 spiro atoms. The van der Waals surface area contributed by atoms with Crippen molar-refractivity contribution < 1.29 is 76.5 Å². The van der Waals surface area contributed by atoms with Crippen molar-refractivity contribution in [2.75, 3.05) is 19.0 Å². The lowest BCUT2D eigenvalue weighted by Crippen LogP contribution is -2.58. The van der Waals surface area contributed by atoms with Crippen LogP contribution in [-0.4, -0.2) is 79.0 Å². The Morgan fingerprint density at radius 2 is 0.895 bits per heavy atom. The Morgan fingerprint density at radius 1 is 0.535 bits per heavy atom. The standard InChI is InChI=1S/C19H14F3S.C18H15S.C15H23FO6S.C13H18F2O5S/c20-19(21,22)15-8-7-13-18(14-15)23(16-9-3-1-4-10-16)17-11-5-2-6-12-17;1-4-10-16(11-5-1)19(17-12-6-2-7-13-17)18-14-8-3-9-15-18;16-12(8-23(19,20)21)1-2-22-13(17)14-4-10-3-11(5-14)7-15(18,6-10)9-14;14-13(15,21(17,18)19)7-20-11(16)12-4-8-1-9(5-12)3-10(2-8)6-12/h1-14H;1-15H;10-12,18H,1-9H2,(H,19,20,21);8-10H,1-7H2,(H,17,18,19)/q2*+1;;/p-1. The molecule has 8 fully saturated rings. The molecule has 3 unspecified atom stereocenters. The average molecular weight is 1270 g/mol. The van der Waals surface area contributed by atoms with E-state index in [1.165, 1.54) is 26.8 Å². The van der Waals surface area contributed by atoms with E-state index in [0.717, 1.165) is 54.4 Å². The highest BCUT2D eigenvalue weighted by Crippen LogP contribution is 2.63. The first-order chi connectivity index (χ1) is 40.7. The molecule has 2 N–H and O–H groups in total. The summed E-state index contributed by atoms with van der Waals surface area (Å²) >= 11 is 0. The number of ether oxygens (including phenoxy) is 2. The summed E-state index contributed by atoms with van der Waals surface area (Å²) in [6.07, 6.45) is 3.10. The fraction of sp³-hybridized carbons (Fsp3) is 0.415. The first-order valence-electron chi connectivity index (χ1n) is 28.6. The van der Waals surface area contributed by atoms with E-state index in [1.807, 2.05) is 60.7 Å². The third-order valence-electron chi connectivity index (χ3n) is 17.0. The number of carbonyl (C=O) groups is 2. The van der Waals surface area contributed by atoms with E-state index in [1.54, 1.807) is 6.07 Å². The number of aliphatic hydroxyl groups is 1. The first kappa shape index (κ1) is 64.8. The highest BCUT2D eigenvalue weighted by molar-refractivity contribution is 7.97. The van der Waals surface area contributed by atoms with Gasteiger partial charge in [0.2, 0.25) is 0 Å². The topological polar surface area (TPSA) is 184 Å². The molecule has 3 atom stereocenters. The molecule has 8 saturated carbocycles. The van der Waals surface area contributed by atoms with Crippen molar-refractivity contribution in [2.24, 2.45) is 40.4 Å². The van der Waals surface area contributed by atoms with Crippen LogP contribution in [0.1, 0.15) is 89.0 Å². The summed E-state index contributed by atoms with van der Waals surface area (Å²) in [6.45, 7) is -1.86. The van der Waals surface area contributed by atoms with Crippen LogP contribution in [0.15, 0.2) is 205 Å². The van der Waals surface area contributed by atoms with E-state index in [-0.39, 0.29) is 23.9 Å². The van der Waals surface area contributed by atoms with Crippen molar-refractivity contribution in [1.29, 1.82) is 0 Å². The van der Waals surface area contributed by atoms with Gasteiger partial charge in [-0.05, 0) is 179 Å². The molecular formula is C65H69F6O11S4+. The normalized spacial score (nSPS) is 25.6. The molecule has 6 aromatic carbocycles. The van der Waals surface area contributed by atoms with E-state index in [9.17, 15) is 62.4 Å². The number of alkyl halides is 6. The highest BCUT2D eigenvalue weighted by atomic mass is 32.2. The van der Waals surface area contributed by atoms with E-state index >= 15 is 0 Å². The lowest BCUT2D eigenvalue weighted by atomic mass is 9.48. The molecule has 0 aliphatic heterocycles. The Hall–Kier alpha value is -5.68. The second-order valence-electron chi connectivity index (χ2n) is 23.8. The minimum atomic E-state index is -5.56. The quantitative estimate of drug-likeness (QED) is 0.0407. The monoisotopic (exact) mass is 1270 g/mol. The van der Waals surface area contributed by atoms with Crippen LogP contribution < -0.4 is 0 Å². The summed E-state index contributed by atoms with van der Waals surface area (Å²) in [6, 6.07) is 57.0. The zero-order chi connectivity index (χ0) is 61.5. The summed E-state index contributed by atoms with van der Waals surface area (Å²) in [5.74, 6) is -0.212. The molecular weight excluding hydrogens is 1200 g/mol. The van der Waals surface area contributed by atoms with Crippen molar-refractivity contribution >= 4 is 54.0 Å². The summed E-state index contributed by atoms with van der Waals surface area (Å²) in [7, 11) is -10.8. The van der Waals surface area contributed by atoms with Crippen LogP contribution in [0.5, 0.6) is 0 Å². The molecule has 0 radical (unpaired) electrons. The lowest BCUT2D eigenvalue weighted by molar-refractivity contribution is -0.196. The number of halogens is 6. The molecule has 8 bridgehead atoms. The molecule has 0 saturated heterocycles. The maximum atomic E-state index is 13.4. The smallest absolute Gasteiger partial charge is 0.416 e. The third-order valence-corrected chi connectivity index (χ3v) is 23.1. The van der Waals surface area contributed by atoms with Crippen molar-refractivity contribution in [1.82, 2.24) is 0 Å². The highest BCUT2D eigenvalue weighted by Gasteiger charge is 2.61. The zero-order valence-corrected chi connectivity index (χ0v) is 50.3. The Kier molecular flexibility index (Phi) is 20.3. The molecule has 11 nitrogen and oxygen atoms in total. The van der Waals surface area contributed by atoms with Gasteiger partial charge in [0.25, 0.3) is 0 Å². The van der Waals surface area contributed by atoms with Crippen molar-refractivity contribution in [3.05, 3.63) is 181 Å². The fourth-order valence-electron chi connectivity index (χ4n) is 14.3. The maximum Gasteiger partial charge on any atom is 0.416 e. The lowest BCUT2D eigenvalue weighted by Gasteiger charge is -2.58. The largest absolute Gasteiger partial charge is 0.748 e. The van der Waals surface area contributed by atoms with Crippen LogP contribution in [0.2, 0.25) is 0 Å². The Labute approximate surface area is 504 Å². The van der Waals surface area contributed by atoms with Crippen molar-refractivity contribution in [3.63, 3.8) is 0 Å². The molecule has 14 rings (SSSR count). The molecule has 0 heterocycles. The van der Waals surface area contributed by atoms with Gasteiger partial charge >= 0.3 is 33.5 Å². The van der Waals surface area contributed by atoms with E-state index < -0.39 is 95.0 Å². The molecule has 86 heavy (non-hydrogen) atoms. The van der Waals surface area contributed by atoms with Crippen molar-refractivity contribution in [2.45, 2.75) is 136 Å². The molecule has 8 aliphatic rings. The Balaban J connectivity index is 0.000000137. The van der Waals surface area contributed by atoms with Gasteiger partial charge in [-0.15, -0.1) is 0 Å². The fourth-order valence-corrected chi connectivity index (χ4v) is 19.4. The van der Waals surface area contributed by atoms with Gasteiger partial charge in [0.1, 0.15) is 6.17 Å². The molecule has 0 amide bonds. The first-order valence-corrected chi connectivity index (χ1v) is 34.1. The summed E-state index contributed by atoms with van der Waals surface area (Å²) in [5, 5.41) is 6.14. The number of carbonyl (C=O) groups excluding carboxylic acids is 2. The van der Waals surface area contributed by atoms with Gasteiger partial charge in [-0.25, -0.2) is 12.8 Å². The van der Waals surface area contributed by atoms with E-state index in [0.29, 0.717) is 73.0 Å². The second kappa shape index (κ2) is 27.0. The van der Waals surface area contributed by atoms with Gasteiger partial charge in [-0.1, -0.05) is 97.1 Å². The van der Waals surface area contributed by atoms with Gasteiger partial charge in [-0.2, -0.15) is 30.4 Å². The zero-order valence-electron chi connectivity index (χ0n) is 47.0. The molecule has 21 heteroatoms.